The lowest BCUT2D eigenvalue weighted by atomic mass is 10.1. The number of carbonyl (C=O) groups excluding carboxylic acids is 2. The van der Waals surface area contributed by atoms with Gasteiger partial charge in [-0.25, -0.2) is 9.37 Å². The van der Waals surface area contributed by atoms with E-state index in [4.69, 9.17) is 0 Å². The topological polar surface area (TPSA) is 71.1 Å². The van der Waals surface area contributed by atoms with E-state index in [1.54, 1.807) is 18.3 Å². The normalized spacial score (nSPS) is 10.3. The zero-order valence-corrected chi connectivity index (χ0v) is 12.9. The molecule has 1 aromatic carbocycles. The largest absolute Gasteiger partial charge is 0.356 e. The van der Waals surface area contributed by atoms with Gasteiger partial charge in [0.2, 0.25) is 11.8 Å². The van der Waals surface area contributed by atoms with Crippen LogP contribution in [0.1, 0.15) is 23.8 Å². The summed E-state index contributed by atoms with van der Waals surface area (Å²) in [6.07, 6.45) is 2.53. The standard InChI is InChI=1S/C15H16FN3O2S/c1-10(20)17-7-6-14(21)19-15-18-9-13(22-15)8-11-2-4-12(16)5-3-11/h2-5,9H,6-8H2,1H3,(H,17,20)(H,18,19,21). The Hall–Kier alpha value is -2.28. The van der Waals surface area contributed by atoms with Gasteiger partial charge in [0, 0.05) is 37.4 Å². The van der Waals surface area contributed by atoms with E-state index in [0.29, 0.717) is 18.1 Å². The molecule has 0 saturated carbocycles. The zero-order chi connectivity index (χ0) is 15.9. The van der Waals surface area contributed by atoms with Gasteiger partial charge < -0.3 is 10.6 Å². The Morgan fingerprint density at radius 3 is 2.68 bits per heavy atom. The average Bonchev–Trinajstić information content (AvgIpc) is 2.88. The van der Waals surface area contributed by atoms with Crippen LogP contribution < -0.4 is 10.6 Å². The smallest absolute Gasteiger partial charge is 0.227 e. The van der Waals surface area contributed by atoms with Crippen LogP contribution in [0.5, 0.6) is 0 Å². The molecule has 0 bridgehead atoms. The van der Waals surface area contributed by atoms with E-state index in [2.05, 4.69) is 15.6 Å². The van der Waals surface area contributed by atoms with Crippen molar-refractivity contribution < 1.29 is 14.0 Å². The Morgan fingerprint density at radius 1 is 1.27 bits per heavy atom. The Balaban J connectivity index is 1.84. The predicted molar refractivity (Wildman–Crippen MR) is 83.3 cm³/mol. The molecule has 5 nitrogen and oxygen atoms in total. The van der Waals surface area contributed by atoms with Gasteiger partial charge in [0.25, 0.3) is 0 Å². The number of benzene rings is 1. The molecule has 0 atom stereocenters. The van der Waals surface area contributed by atoms with Crippen molar-refractivity contribution in [2.24, 2.45) is 0 Å². The monoisotopic (exact) mass is 321 g/mol. The van der Waals surface area contributed by atoms with Crippen molar-refractivity contribution in [3.63, 3.8) is 0 Å². The molecular formula is C15H16FN3O2S. The summed E-state index contributed by atoms with van der Waals surface area (Å²) < 4.78 is 12.8. The summed E-state index contributed by atoms with van der Waals surface area (Å²) in [7, 11) is 0. The van der Waals surface area contributed by atoms with E-state index in [0.717, 1.165) is 10.4 Å². The maximum atomic E-state index is 12.8. The van der Waals surface area contributed by atoms with Crippen LogP contribution in [0, 0.1) is 5.82 Å². The van der Waals surface area contributed by atoms with Gasteiger partial charge in [-0.1, -0.05) is 12.1 Å². The van der Waals surface area contributed by atoms with Crippen LogP contribution in [-0.2, 0) is 16.0 Å². The molecule has 22 heavy (non-hydrogen) atoms. The van der Waals surface area contributed by atoms with E-state index in [9.17, 15) is 14.0 Å². The molecule has 0 saturated heterocycles. The lowest BCUT2D eigenvalue weighted by Gasteiger charge is -2.02. The molecule has 2 amide bonds. The SMILES string of the molecule is CC(=O)NCCC(=O)Nc1ncc(Cc2ccc(F)cc2)s1. The Bertz CT molecular complexity index is 655. The Kier molecular flexibility index (Phi) is 5.60. The molecule has 2 rings (SSSR count). The lowest BCUT2D eigenvalue weighted by molar-refractivity contribution is -0.119. The molecule has 0 aliphatic heterocycles. The Labute approximate surface area is 131 Å². The van der Waals surface area contributed by atoms with E-state index in [1.807, 2.05) is 0 Å². The summed E-state index contributed by atoms with van der Waals surface area (Å²) in [5.74, 6) is -0.625. The fourth-order valence-electron chi connectivity index (χ4n) is 1.78. The number of carbonyl (C=O) groups is 2. The Morgan fingerprint density at radius 2 is 2.00 bits per heavy atom. The van der Waals surface area contributed by atoms with E-state index >= 15 is 0 Å². The minimum Gasteiger partial charge on any atom is -0.356 e. The highest BCUT2D eigenvalue weighted by molar-refractivity contribution is 7.15. The number of halogens is 1. The molecule has 2 N–H and O–H groups in total. The third-order valence-electron chi connectivity index (χ3n) is 2.82. The first-order valence-corrected chi connectivity index (χ1v) is 7.58. The van der Waals surface area contributed by atoms with Crippen molar-refractivity contribution in [1.29, 1.82) is 0 Å². The second-order valence-electron chi connectivity index (χ2n) is 4.72. The number of anilines is 1. The minimum absolute atomic E-state index is 0.163. The van der Waals surface area contributed by atoms with Crippen LogP contribution in [-0.4, -0.2) is 23.3 Å². The van der Waals surface area contributed by atoms with E-state index < -0.39 is 0 Å². The lowest BCUT2D eigenvalue weighted by Crippen LogP contribution is -2.25. The first-order valence-electron chi connectivity index (χ1n) is 6.76. The number of thiazole rings is 1. The molecule has 0 aliphatic rings. The molecule has 0 aliphatic carbocycles. The third-order valence-corrected chi connectivity index (χ3v) is 3.73. The predicted octanol–water partition coefficient (Wildman–Crippen LogP) is 2.34. The minimum atomic E-state index is -0.264. The third kappa shape index (κ3) is 5.25. The molecule has 0 radical (unpaired) electrons. The molecule has 0 fully saturated rings. The van der Waals surface area contributed by atoms with Crippen molar-refractivity contribution >= 4 is 28.3 Å². The van der Waals surface area contributed by atoms with Gasteiger partial charge in [-0.2, -0.15) is 0 Å². The number of hydrogen-bond donors (Lipinski definition) is 2. The quantitative estimate of drug-likeness (QED) is 0.858. The second kappa shape index (κ2) is 7.65. The van der Waals surface area contributed by atoms with Crippen LogP contribution in [0.15, 0.2) is 30.5 Å². The van der Waals surface area contributed by atoms with Crippen LogP contribution in [0.4, 0.5) is 9.52 Å². The van der Waals surface area contributed by atoms with Crippen molar-refractivity contribution in [1.82, 2.24) is 10.3 Å². The number of nitrogens with zero attached hydrogens (tertiary/aromatic N) is 1. The van der Waals surface area contributed by atoms with Crippen LogP contribution in [0.3, 0.4) is 0 Å². The number of amides is 2. The van der Waals surface area contributed by atoms with Gasteiger partial charge in [-0.15, -0.1) is 11.3 Å². The first kappa shape index (κ1) is 16.1. The molecule has 2 aromatic rings. The van der Waals surface area contributed by atoms with Crippen molar-refractivity contribution in [2.45, 2.75) is 19.8 Å². The summed E-state index contributed by atoms with van der Waals surface area (Å²) in [5.41, 5.74) is 0.980. The highest BCUT2D eigenvalue weighted by Crippen LogP contribution is 2.21. The molecular weight excluding hydrogens is 305 g/mol. The van der Waals surface area contributed by atoms with Crippen LogP contribution in [0.25, 0.3) is 0 Å². The molecule has 0 spiro atoms. The van der Waals surface area contributed by atoms with Crippen molar-refractivity contribution in [2.75, 3.05) is 11.9 Å². The summed E-state index contributed by atoms with van der Waals surface area (Å²) in [6.45, 7) is 1.70. The van der Waals surface area contributed by atoms with E-state index in [1.165, 1.54) is 30.4 Å². The number of rotatable bonds is 6. The van der Waals surface area contributed by atoms with Gasteiger partial charge in [0.05, 0.1) is 0 Å². The number of aromatic nitrogens is 1. The fraction of sp³-hybridized carbons (Fsp3) is 0.267. The van der Waals surface area contributed by atoms with Crippen LogP contribution >= 0.6 is 11.3 Å². The highest BCUT2D eigenvalue weighted by Gasteiger charge is 2.07. The average molecular weight is 321 g/mol. The molecule has 0 unspecified atom stereocenters. The van der Waals surface area contributed by atoms with Gasteiger partial charge in [0.1, 0.15) is 5.82 Å². The highest BCUT2D eigenvalue weighted by atomic mass is 32.1. The molecule has 116 valence electrons. The fourth-order valence-corrected chi connectivity index (χ4v) is 2.65. The maximum absolute atomic E-state index is 12.8. The summed E-state index contributed by atoms with van der Waals surface area (Å²) in [5, 5.41) is 5.76. The van der Waals surface area contributed by atoms with Crippen molar-refractivity contribution in [3.8, 4) is 0 Å². The van der Waals surface area contributed by atoms with Crippen molar-refractivity contribution in [3.05, 3.63) is 46.7 Å². The first-order chi connectivity index (χ1) is 10.5. The van der Waals surface area contributed by atoms with Gasteiger partial charge >= 0.3 is 0 Å². The van der Waals surface area contributed by atoms with E-state index in [-0.39, 0.29) is 24.1 Å². The number of hydrogen-bond acceptors (Lipinski definition) is 4. The maximum Gasteiger partial charge on any atom is 0.227 e. The zero-order valence-electron chi connectivity index (χ0n) is 12.1. The molecule has 1 aromatic heterocycles. The number of nitrogens with one attached hydrogen (secondary N) is 2. The summed E-state index contributed by atoms with van der Waals surface area (Å²) in [4.78, 5) is 27.5. The summed E-state index contributed by atoms with van der Waals surface area (Å²) in [6, 6.07) is 6.28. The van der Waals surface area contributed by atoms with Gasteiger partial charge in [0.15, 0.2) is 5.13 Å². The molecule has 7 heteroatoms. The summed E-state index contributed by atoms with van der Waals surface area (Å²) >= 11 is 1.38. The van der Waals surface area contributed by atoms with Gasteiger partial charge in [-0.3, -0.25) is 9.59 Å². The van der Waals surface area contributed by atoms with Crippen LogP contribution in [0.2, 0.25) is 0 Å². The second-order valence-corrected chi connectivity index (χ2v) is 5.83. The molecule has 1 heterocycles. The van der Waals surface area contributed by atoms with Gasteiger partial charge in [-0.05, 0) is 17.7 Å².